The van der Waals surface area contributed by atoms with Gasteiger partial charge in [0, 0.05) is 57.6 Å². The van der Waals surface area contributed by atoms with Gasteiger partial charge < -0.3 is 4.90 Å². The van der Waals surface area contributed by atoms with E-state index in [4.69, 9.17) is 0 Å². The molecular weight excluding hydrogens is 322 g/mol. The first-order chi connectivity index (χ1) is 12.4. The van der Waals surface area contributed by atoms with E-state index < -0.39 is 0 Å². The number of Topliss-reactive ketones (excluding diaryl/α,β-unsaturated/α-hetero) is 1. The van der Waals surface area contributed by atoms with Crippen LogP contribution >= 0.6 is 0 Å². The van der Waals surface area contributed by atoms with Gasteiger partial charge in [0.15, 0.2) is 0 Å². The Hall–Kier alpha value is -0.450. The van der Waals surface area contributed by atoms with E-state index in [2.05, 4.69) is 28.5 Å². The molecule has 2 saturated heterocycles. The molecule has 0 bridgehead atoms. The molecule has 26 heavy (non-hydrogen) atoms. The molecule has 3 fully saturated rings. The first-order valence-corrected chi connectivity index (χ1v) is 11.1. The summed E-state index contributed by atoms with van der Waals surface area (Å²) in [6.07, 6.45) is 6.10. The molecule has 1 saturated carbocycles. The van der Waals surface area contributed by atoms with Gasteiger partial charge in [0.2, 0.25) is 0 Å². The summed E-state index contributed by atoms with van der Waals surface area (Å²) in [5.74, 6) is 1.52. The molecule has 3 aliphatic rings. The van der Waals surface area contributed by atoms with E-state index in [1.807, 2.05) is 13.8 Å². The van der Waals surface area contributed by atoms with Gasteiger partial charge >= 0.3 is 0 Å². The molecule has 1 unspecified atom stereocenters. The first kappa shape index (κ1) is 20.3. The summed E-state index contributed by atoms with van der Waals surface area (Å²) >= 11 is 0. The van der Waals surface area contributed by atoms with Crippen LogP contribution in [0, 0.1) is 17.3 Å². The van der Waals surface area contributed by atoms with E-state index in [9.17, 15) is 4.79 Å². The SMILES string of the molecule is CC(C)C(=O)CCC1CC12CCN(CCN1CCN(C(C)C)CC1)CC2. The molecule has 0 aromatic rings. The third kappa shape index (κ3) is 5.08. The van der Waals surface area contributed by atoms with Crippen LogP contribution < -0.4 is 0 Å². The number of piperazine rings is 1. The number of carbonyl (C=O) groups is 1. The molecule has 2 aliphatic heterocycles. The van der Waals surface area contributed by atoms with Crippen molar-refractivity contribution in [3.63, 3.8) is 0 Å². The van der Waals surface area contributed by atoms with Crippen molar-refractivity contribution >= 4 is 5.78 Å². The van der Waals surface area contributed by atoms with Crippen LogP contribution in [0.4, 0.5) is 0 Å². The fourth-order valence-corrected chi connectivity index (χ4v) is 5.07. The Bertz CT molecular complexity index is 460. The maximum absolute atomic E-state index is 11.9. The summed E-state index contributed by atoms with van der Waals surface area (Å²) in [7, 11) is 0. The Balaban J connectivity index is 1.30. The number of hydrogen-bond acceptors (Lipinski definition) is 4. The molecule has 150 valence electrons. The van der Waals surface area contributed by atoms with Crippen molar-refractivity contribution in [1.29, 1.82) is 0 Å². The minimum atomic E-state index is 0.217. The van der Waals surface area contributed by atoms with Gasteiger partial charge in [0.25, 0.3) is 0 Å². The number of hydrogen-bond donors (Lipinski definition) is 0. The second-order valence-electron chi connectivity index (χ2n) is 9.74. The number of likely N-dealkylation sites (tertiary alicyclic amines) is 1. The van der Waals surface area contributed by atoms with Crippen molar-refractivity contribution in [2.24, 2.45) is 17.3 Å². The predicted octanol–water partition coefficient (Wildman–Crippen LogP) is 3.12. The van der Waals surface area contributed by atoms with Gasteiger partial charge in [-0.15, -0.1) is 0 Å². The van der Waals surface area contributed by atoms with Gasteiger partial charge in [-0.25, -0.2) is 0 Å². The first-order valence-electron chi connectivity index (χ1n) is 11.1. The molecule has 0 radical (unpaired) electrons. The molecule has 3 rings (SSSR count). The highest BCUT2D eigenvalue weighted by atomic mass is 16.1. The van der Waals surface area contributed by atoms with Crippen LogP contribution in [-0.4, -0.2) is 78.9 Å². The normalized spacial score (nSPS) is 27.5. The molecule has 2 heterocycles. The van der Waals surface area contributed by atoms with Gasteiger partial charge in [0.05, 0.1) is 0 Å². The number of rotatable bonds is 8. The molecule has 0 amide bonds. The molecule has 0 N–H and O–H groups in total. The van der Waals surface area contributed by atoms with Gasteiger partial charge in [-0.1, -0.05) is 13.8 Å². The Kier molecular flexibility index (Phi) is 6.79. The van der Waals surface area contributed by atoms with E-state index >= 15 is 0 Å². The lowest BCUT2D eigenvalue weighted by Gasteiger charge is -2.39. The second kappa shape index (κ2) is 8.70. The van der Waals surface area contributed by atoms with E-state index in [0.29, 0.717) is 17.2 Å². The second-order valence-corrected chi connectivity index (χ2v) is 9.74. The standard InChI is InChI=1S/C22H41N3O/c1-18(2)21(26)6-5-20-17-22(20)7-9-23(10-8-22)11-12-24-13-15-25(16-14-24)19(3)4/h18-20H,5-17H2,1-4H3. The van der Waals surface area contributed by atoms with Crippen LogP contribution in [0.25, 0.3) is 0 Å². The predicted molar refractivity (Wildman–Crippen MR) is 108 cm³/mol. The van der Waals surface area contributed by atoms with Gasteiger partial charge in [-0.3, -0.25) is 14.6 Å². The van der Waals surface area contributed by atoms with Crippen LogP contribution in [-0.2, 0) is 4.79 Å². The zero-order valence-corrected chi connectivity index (χ0v) is 17.7. The number of nitrogens with zero attached hydrogens (tertiary/aromatic N) is 3. The average molecular weight is 364 g/mol. The van der Waals surface area contributed by atoms with E-state index in [0.717, 1.165) is 18.8 Å². The smallest absolute Gasteiger partial charge is 0.135 e. The quantitative estimate of drug-likeness (QED) is 0.662. The maximum Gasteiger partial charge on any atom is 0.135 e. The Morgan fingerprint density at radius 3 is 2.04 bits per heavy atom. The summed E-state index contributed by atoms with van der Waals surface area (Å²) in [5.41, 5.74) is 0.622. The van der Waals surface area contributed by atoms with Crippen LogP contribution in [0.1, 0.15) is 59.8 Å². The zero-order valence-electron chi connectivity index (χ0n) is 17.7. The maximum atomic E-state index is 11.9. The Labute approximate surface area is 161 Å². The van der Waals surface area contributed by atoms with Crippen molar-refractivity contribution < 1.29 is 4.79 Å². The van der Waals surface area contributed by atoms with Crippen molar-refractivity contribution in [2.75, 3.05) is 52.4 Å². The van der Waals surface area contributed by atoms with Crippen LogP contribution in [0.15, 0.2) is 0 Å². The minimum Gasteiger partial charge on any atom is -0.302 e. The zero-order chi connectivity index (χ0) is 18.7. The van der Waals surface area contributed by atoms with Gasteiger partial charge in [0.1, 0.15) is 5.78 Å². The highest BCUT2D eigenvalue weighted by Gasteiger charge is 2.53. The largest absolute Gasteiger partial charge is 0.302 e. The van der Waals surface area contributed by atoms with Gasteiger partial charge in [-0.05, 0) is 64.0 Å². The minimum absolute atomic E-state index is 0.217. The average Bonchev–Trinajstić information content (AvgIpc) is 3.31. The Morgan fingerprint density at radius 2 is 1.50 bits per heavy atom. The van der Waals surface area contributed by atoms with Gasteiger partial charge in [-0.2, -0.15) is 0 Å². The summed E-state index contributed by atoms with van der Waals surface area (Å²) in [6.45, 7) is 18.7. The fraction of sp³-hybridized carbons (Fsp3) is 0.955. The molecule has 1 atom stereocenters. The molecule has 0 aromatic heterocycles. The lowest BCUT2D eigenvalue weighted by atomic mass is 9.89. The lowest BCUT2D eigenvalue weighted by molar-refractivity contribution is -0.122. The van der Waals surface area contributed by atoms with Crippen molar-refractivity contribution in [3.05, 3.63) is 0 Å². The van der Waals surface area contributed by atoms with E-state index in [1.165, 1.54) is 71.6 Å². The fourth-order valence-electron chi connectivity index (χ4n) is 5.07. The highest BCUT2D eigenvalue weighted by Crippen LogP contribution is 2.61. The lowest BCUT2D eigenvalue weighted by Crippen LogP contribution is -2.50. The number of carbonyl (C=O) groups excluding carboxylic acids is 1. The Morgan fingerprint density at radius 1 is 0.923 bits per heavy atom. The van der Waals surface area contributed by atoms with Crippen molar-refractivity contribution in [3.8, 4) is 0 Å². The summed E-state index contributed by atoms with van der Waals surface area (Å²) in [4.78, 5) is 19.8. The highest BCUT2D eigenvalue weighted by molar-refractivity contribution is 5.80. The molecular formula is C22H41N3O. The third-order valence-corrected chi connectivity index (χ3v) is 7.46. The van der Waals surface area contributed by atoms with Crippen LogP contribution in [0.5, 0.6) is 0 Å². The number of piperidine rings is 1. The van der Waals surface area contributed by atoms with E-state index in [-0.39, 0.29) is 5.92 Å². The summed E-state index contributed by atoms with van der Waals surface area (Å²) in [5, 5.41) is 0. The number of ketones is 1. The van der Waals surface area contributed by atoms with E-state index in [1.54, 1.807) is 0 Å². The van der Waals surface area contributed by atoms with Crippen LogP contribution in [0.3, 0.4) is 0 Å². The molecule has 4 heteroatoms. The van der Waals surface area contributed by atoms with Crippen LogP contribution in [0.2, 0.25) is 0 Å². The topological polar surface area (TPSA) is 26.8 Å². The molecule has 0 aromatic carbocycles. The third-order valence-electron chi connectivity index (χ3n) is 7.46. The van der Waals surface area contributed by atoms with Crippen molar-refractivity contribution in [2.45, 2.75) is 65.8 Å². The monoisotopic (exact) mass is 363 g/mol. The summed E-state index contributed by atoms with van der Waals surface area (Å²) in [6, 6.07) is 0.692. The van der Waals surface area contributed by atoms with Crippen molar-refractivity contribution in [1.82, 2.24) is 14.7 Å². The molecule has 1 aliphatic carbocycles. The summed E-state index contributed by atoms with van der Waals surface area (Å²) < 4.78 is 0. The molecule has 1 spiro atoms. The molecule has 4 nitrogen and oxygen atoms in total.